The minimum Gasteiger partial charge on any atom is -0.445 e. The second kappa shape index (κ2) is 9.00. The molecule has 116 valence electrons. The van der Waals surface area contributed by atoms with Gasteiger partial charge >= 0.3 is 12.1 Å². The topological polar surface area (TPSA) is 55.8 Å². The summed E-state index contributed by atoms with van der Waals surface area (Å²) in [4.78, 5) is 24.8. The zero-order chi connectivity index (χ0) is 15.7. The molecule has 21 heavy (non-hydrogen) atoms. The smallest absolute Gasteiger partial charge is 0.410 e. The molecule has 1 atom stereocenters. The van der Waals surface area contributed by atoms with Gasteiger partial charge in [0.15, 0.2) is 0 Å². The van der Waals surface area contributed by atoms with Crippen molar-refractivity contribution in [2.45, 2.75) is 38.6 Å². The summed E-state index contributed by atoms with van der Waals surface area (Å²) in [6.45, 7) is 9.39. The van der Waals surface area contributed by atoms with Crippen molar-refractivity contribution in [3.05, 3.63) is 37.1 Å². The van der Waals surface area contributed by atoms with E-state index in [0.717, 1.165) is 12.8 Å². The van der Waals surface area contributed by atoms with Crippen LogP contribution < -0.4 is 0 Å². The summed E-state index contributed by atoms with van der Waals surface area (Å²) in [5, 5.41) is 0. The highest BCUT2D eigenvalue weighted by Gasteiger charge is 2.30. The molecule has 0 saturated carbocycles. The lowest BCUT2D eigenvalue weighted by atomic mass is 10.1. The van der Waals surface area contributed by atoms with Crippen LogP contribution in [0.1, 0.15) is 32.6 Å². The van der Waals surface area contributed by atoms with Crippen LogP contribution in [0.3, 0.4) is 0 Å². The number of likely N-dealkylation sites (tertiary alicyclic amines) is 1. The first-order valence-electron chi connectivity index (χ1n) is 7.11. The van der Waals surface area contributed by atoms with Gasteiger partial charge in [-0.25, -0.2) is 4.79 Å². The second-order valence-electron chi connectivity index (χ2n) is 4.85. The maximum atomic E-state index is 11.9. The SMILES string of the molecule is C=CC/C=C(\C[C@@H]1CCCN1C(=O)OCC=C)OC(C)=O. The maximum Gasteiger partial charge on any atom is 0.410 e. The number of rotatable bonds is 7. The molecular weight excluding hydrogens is 270 g/mol. The van der Waals surface area contributed by atoms with Crippen molar-refractivity contribution in [2.75, 3.05) is 13.2 Å². The summed E-state index contributed by atoms with van der Waals surface area (Å²) < 4.78 is 10.3. The van der Waals surface area contributed by atoms with Gasteiger partial charge in [0.1, 0.15) is 12.4 Å². The van der Waals surface area contributed by atoms with Crippen LogP contribution in [0.4, 0.5) is 4.79 Å². The molecule has 0 spiro atoms. The number of carbonyl (C=O) groups is 2. The minimum absolute atomic E-state index is 0.00210. The van der Waals surface area contributed by atoms with Crippen molar-refractivity contribution in [1.29, 1.82) is 0 Å². The van der Waals surface area contributed by atoms with Gasteiger partial charge in [-0.2, -0.15) is 0 Å². The standard InChI is InChI=1S/C16H23NO4/c1-4-6-9-15(21-13(3)18)12-14-8-7-10-17(14)16(19)20-11-5-2/h4-5,9,14H,1-2,6-8,10-12H2,3H3/b15-9+/t14-/m0/s1. The quantitative estimate of drug-likeness (QED) is 0.411. The Kier molecular flexibility index (Phi) is 7.29. The van der Waals surface area contributed by atoms with Gasteiger partial charge in [0.25, 0.3) is 0 Å². The van der Waals surface area contributed by atoms with Crippen molar-refractivity contribution in [1.82, 2.24) is 4.90 Å². The Hall–Kier alpha value is -2.04. The van der Waals surface area contributed by atoms with Crippen molar-refractivity contribution < 1.29 is 19.1 Å². The molecule has 5 heteroatoms. The Balaban J connectivity index is 2.67. The van der Waals surface area contributed by atoms with Crippen LogP contribution in [0.25, 0.3) is 0 Å². The number of hydrogen-bond acceptors (Lipinski definition) is 4. The van der Waals surface area contributed by atoms with Crippen molar-refractivity contribution >= 4 is 12.1 Å². The van der Waals surface area contributed by atoms with Crippen LogP contribution in [0.15, 0.2) is 37.1 Å². The third-order valence-electron chi connectivity index (χ3n) is 3.16. The molecule has 1 amide bonds. The Bertz CT molecular complexity index is 428. The van der Waals surface area contributed by atoms with Crippen molar-refractivity contribution in [3.8, 4) is 0 Å². The summed E-state index contributed by atoms with van der Waals surface area (Å²) in [7, 11) is 0. The van der Waals surface area contributed by atoms with E-state index in [-0.39, 0.29) is 24.7 Å². The molecule has 5 nitrogen and oxygen atoms in total. The number of allylic oxidation sites excluding steroid dienone is 2. The molecule has 0 bridgehead atoms. The largest absolute Gasteiger partial charge is 0.445 e. The highest BCUT2D eigenvalue weighted by molar-refractivity contribution is 5.69. The second-order valence-corrected chi connectivity index (χ2v) is 4.85. The molecule has 0 aromatic rings. The number of carbonyl (C=O) groups excluding carboxylic acids is 2. The Morgan fingerprint density at radius 1 is 1.33 bits per heavy atom. The van der Waals surface area contributed by atoms with E-state index in [9.17, 15) is 9.59 Å². The monoisotopic (exact) mass is 293 g/mol. The molecule has 0 aliphatic carbocycles. The molecule has 1 fully saturated rings. The first-order chi connectivity index (χ1) is 10.1. The molecule has 0 N–H and O–H groups in total. The molecule has 0 unspecified atom stereocenters. The van der Waals surface area contributed by atoms with Crippen LogP contribution in [0, 0.1) is 0 Å². The normalized spacial score (nSPS) is 18.2. The molecule has 1 aliphatic heterocycles. The highest BCUT2D eigenvalue weighted by Crippen LogP contribution is 2.25. The molecule has 0 radical (unpaired) electrons. The lowest BCUT2D eigenvalue weighted by molar-refractivity contribution is -0.137. The molecule has 1 aliphatic rings. The summed E-state index contributed by atoms with van der Waals surface area (Å²) >= 11 is 0. The first kappa shape index (κ1) is 17.0. The van der Waals surface area contributed by atoms with E-state index in [2.05, 4.69) is 13.2 Å². The van der Waals surface area contributed by atoms with Crippen molar-refractivity contribution in [3.63, 3.8) is 0 Å². The van der Waals surface area contributed by atoms with Crippen LogP contribution in [0.2, 0.25) is 0 Å². The molecule has 0 aromatic carbocycles. The van der Waals surface area contributed by atoms with E-state index in [1.54, 1.807) is 11.0 Å². The Labute approximate surface area is 125 Å². The predicted octanol–water partition coefficient (Wildman–Crippen LogP) is 3.19. The van der Waals surface area contributed by atoms with Crippen LogP contribution in [0.5, 0.6) is 0 Å². The van der Waals surface area contributed by atoms with Crippen LogP contribution in [-0.2, 0) is 14.3 Å². The van der Waals surface area contributed by atoms with Gasteiger partial charge in [0, 0.05) is 25.9 Å². The van der Waals surface area contributed by atoms with Gasteiger partial charge in [-0.05, 0) is 25.3 Å². The Morgan fingerprint density at radius 2 is 2.10 bits per heavy atom. The summed E-state index contributed by atoms with van der Waals surface area (Å²) in [6, 6.07) is -0.00210. The summed E-state index contributed by atoms with van der Waals surface area (Å²) in [5.74, 6) is 0.222. The fourth-order valence-electron chi connectivity index (χ4n) is 2.30. The van der Waals surface area contributed by atoms with Crippen molar-refractivity contribution in [2.24, 2.45) is 0 Å². The molecule has 1 heterocycles. The van der Waals surface area contributed by atoms with E-state index >= 15 is 0 Å². The zero-order valence-electron chi connectivity index (χ0n) is 12.5. The number of ether oxygens (including phenoxy) is 2. The van der Waals surface area contributed by atoms with Gasteiger partial charge < -0.3 is 14.4 Å². The summed E-state index contributed by atoms with van der Waals surface area (Å²) in [5.41, 5.74) is 0. The van der Waals surface area contributed by atoms with E-state index in [1.807, 2.05) is 6.08 Å². The van der Waals surface area contributed by atoms with E-state index in [0.29, 0.717) is 25.1 Å². The van der Waals surface area contributed by atoms with E-state index in [4.69, 9.17) is 9.47 Å². The molecule has 1 saturated heterocycles. The van der Waals surface area contributed by atoms with Gasteiger partial charge in [-0.15, -0.1) is 6.58 Å². The molecular formula is C16H23NO4. The predicted molar refractivity (Wildman–Crippen MR) is 80.6 cm³/mol. The number of esters is 1. The van der Waals surface area contributed by atoms with E-state index < -0.39 is 0 Å². The van der Waals surface area contributed by atoms with Gasteiger partial charge in [-0.3, -0.25) is 4.79 Å². The number of nitrogens with zero attached hydrogens (tertiary/aromatic N) is 1. The maximum absolute atomic E-state index is 11.9. The highest BCUT2D eigenvalue weighted by atomic mass is 16.6. The minimum atomic E-state index is -0.357. The van der Waals surface area contributed by atoms with Gasteiger partial charge in [-0.1, -0.05) is 18.7 Å². The number of hydrogen-bond donors (Lipinski definition) is 0. The third kappa shape index (κ3) is 5.85. The van der Waals surface area contributed by atoms with E-state index in [1.165, 1.54) is 13.0 Å². The fourth-order valence-corrected chi connectivity index (χ4v) is 2.30. The van der Waals surface area contributed by atoms with Gasteiger partial charge in [0.05, 0.1) is 0 Å². The third-order valence-corrected chi connectivity index (χ3v) is 3.16. The molecule has 0 aromatic heterocycles. The molecule has 1 rings (SSSR count). The Morgan fingerprint density at radius 3 is 2.71 bits per heavy atom. The summed E-state index contributed by atoms with van der Waals surface area (Å²) in [6.07, 6.45) is 7.67. The lowest BCUT2D eigenvalue weighted by Gasteiger charge is -2.24. The average molecular weight is 293 g/mol. The van der Waals surface area contributed by atoms with Crippen LogP contribution >= 0.6 is 0 Å². The lowest BCUT2D eigenvalue weighted by Crippen LogP contribution is -2.36. The number of amides is 1. The van der Waals surface area contributed by atoms with Crippen LogP contribution in [-0.4, -0.2) is 36.2 Å². The average Bonchev–Trinajstić information content (AvgIpc) is 2.89. The first-order valence-corrected chi connectivity index (χ1v) is 7.11. The zero-order valence-corrected chi connectivity index (χ0v) is 12.5. The van der Waals surface area contributed by atoms with Gasteiger partial charge in [0.2, 0.25) is 0 Å². The fraction of sp³-hybridized carbons (Fsp3) is 0.500.